The van der Waals surface area contributed by atoms with Crippen molar-refractivity contribution >= 4 is 11.9 Å². The summed E-state index contributed by atoms with van der Waals surface area (Å²) in [5, 5.41) is 8.54. The molecule has 1 fully saturated rings. The summed E-state index contributed by atoms with van der Waals surface area (Å²) in [7, 11) is 0. The molecule has 4 heteroatoms. The van der Waals surface area contributed by atoms with Gasteiger partial charge in [-0.05, 0) is 0 Å². The molecule has 0 amide bonds. The minimum absolute atomic E-state index is 0.0950. The van der Waals surface area contributed by atoms with Crippen LogP contribution in [0.1, 0.15) is 12.8 Å². The van der Waals surface area contributed by atoms with E-state index in [1.807, 2.05) is 0 Å². The van der Waals surface area contributed by atoms with Gasteiger partial charge in [-0.2, -0.15) is 0 Å². The number of hydrogen-bond acceptors (Lipinski definition) is 3. The largest absolute Gasteiger partial charge is 0.481 e. The van der Waals surface area contributed by atoms with Gasteiger partial charge < -0.3 is 9.84 Å². The lowest BCUT2D eigenvalue weighted by atomic mass is 9.84. The molecule has 1 rings (SSSR count). The van der Waals surface area contributed by atoms with Crippen LogP contribution in [0.4, 0.5) is 0 Å². The van der Waals surface area contributed by atoms with Gasteiger partial charge in [-0.3, -0.25) is 9.59 Å². The second-order valence-electron chi connectivity index (χ2n) is 2.97. The highest BCUT2D eigenvalue weighted by Gasteiger charge is 2.39. The number of hydrogen-bond donors (Lipinski definition) is 1. The molecule has 12 heavy (non-hydrogen) atoms. The highest BCUT2D eigenvalue weighted by atomic mass is 16.5. The summed E-state index contributed by atoms with van der Waals surface area (Å²) in [5.74, 6) is -1.29. The van der Waals surface area contributed by atoms with Crippen LogP contribution in [0.3, 0.4) is 0 Å². The van der Waals surface area contributed by atoms with Crippen LogP contribution in [-0.2, 0) is 14.3 Å². The zero-order valence-corrected chi connectivity index (χ0v) is 6.58. The number of carbonyl (C=O) groups is 2. The quantitative estimate of drug-likeness (QED) is 0.497. The maximum absolute atomic E-state index is 10.7. The molecule has 0 radical (unpaired) electrons. The topological polar surface area (TPSA) is 63.6 Å². The number of aliphatic carboxylic acids is 1. The van der Waals surface area contributed by atoms with E-state index in [0.29, 0.717) is 0 Å². The van der Waals surface area contributed by atoms with Gasteiger partial charge in [0.15, 0.2) is 0 Å². The SMILES string of the molecule is C=C[C@@]1(CC(=O)O)COC(=O)C1. The predicted octanol–water partition coefficient (Wildman–Crippen LogP) is 0.580. The van der Waals surface area contributed by atoms with Crippen LogP contribution in [0.25, 0.3) is 0 Å². The van der Waals surface area contributed by atoms with Crippen LogP contribution in [0.15, 0.2) is 12.7 Å². The van der Waals surface area contributed by atoms with Crippen molar-refractivity contribution in [3.63, 3.8) is 0 Å². The molecule has 4 nitrogen and oxygen atoms in total. The van der Waals surface area contributed by atoms with E-state index in [0.717, 1.165) is 0 Å². The molecule has 0 aromatic carbocycles. The summed E-state index contributed by atoms with van der Waals surface area (Å²) in [6.45, 7) is 3.65. The summed E-state index contributed by atoms with van der Waals surface area (Å²) >= 11 is 0. The van der Waals surface area contributed by atoms with E-state index in [1.54, 1.807) is 0 Å². The Hall–Kier alpha value is -1.32. The summed E-state index contributed by atoms with van der Waals surface area (Å²) < 4.78 is 4.69. The Labute approximate surface area is 69.8 Å². The first-order chi connectivity index (χ1) is 5.58. The second kappa shape index (κ2) is 2.97. The first-order valence-corrected chi connectivity index (χ1v) is 3.59. The molecule has 1 heterocycles. The van der Waals surface area contributed by atoms with E-state index in [9.17, 15) is 9.59 Å². The van der Waals surface area contributed by atoms with E-state index in [4.69, 9.17) is 5.11 Å². The number of carbonyl (C=O) groups excluding carboxylic acids is 1. The standard InChI is InChI=1S/C8H10O4/c1-2-8(3-6(9)10)4-7(11)12-5-8/h2H,1,3-5H2,(H,9,10)/t8-/m0/s1. The minimum Gasteiger partial charge on any atom is -0.481 e. The Morgan fingerprint density at radius 2 is 2.50 bits per heavy atom. The van der Waals surface area contributed by atoms with Gasteiger partial charge in [-0.1, -0.05) is 6.08 Å². The predicted molar refractivity (Wildman–Crippen MR) is 40.5 cm³/mol. The molecule has 0 bridgehead atoms. The highest BCUT2D eigenvalue weighted by Crippen LogP contribution is 2.34. The number of rotatable bonds is 3. The lowest BCUT2D eigenvalue weighted by Crippen LogP contribution is -2.22. The van der Waals surface area contributed by atoms with Gasteiger partial charge in [0, 0.05) is 5.41 Å². The van der Waals surface area contributed by atoms with Crippen LogP contribution < -0.4 is 0 Å². The molecule has 1 aliphatic rings. The van der Waals surface area contributed by atoms with Gasteiger partial charge >= 0.3 is 11.9 Å². The number of carboxylic acids is 1. The summed E-state index contributed by atoms with van der Waals surface area (Å²) in [6.07, 6.45) is 1.52. The van der Waals surface area contributed by atoms with Crippen LogP contribution in [0.5, 0.6) is 0 Å². The van der Waals surface area contributed by atoms with E-state index in [2.05, 4.69) is 11.3 Å². The van der Waals surface area contributed by atoms with E-state index < -0.39 is 11.4 Å². The molecular formula is C8H10O4. The van der Waals surface area contributed by atoms with Crippen molar-refractivity contribution in [1.82, 2.24) is 0 Å². The third-order valence-corrected chi connectivity index (χ3v) is 1.95. The highest BCUT2D eigenvalue weighted by molar-refractivity contribution is 5.76. The molecule has 1 aliphatic heterocycles. The third-order valence-electron chi connectivity index (χ3n) is 1.95. The monoisotopic (exact) mass is 170 g/mol. The number of cyclic esters (lactones) is 1. The Kier molecular flexibility index (Phi) is 2.17. The lowest BCUT2D eigenvalue weighted by molar-refractivity contribution is -0.139. The first kappa shape index (κ1) is 8.77. The molecule has 66 valence electrons. The maximum atomic E-state index is 10.7. The fourth-order valence-electron chi connectivity index (χ4n) is 1.23. The third kappa shape index (κ3) is 1.64. The maximum Gasteiger partial charge on any atom is 0.306 e. The van der Waals surface area contributed by atoms with Crippen molar-refractivity contribution < 1.29 is 19.4 Å². The fraction of sp³-hybridized carbons (Fsp3) is 0.500. The molecule has 0 aliphatic carbocycles. The zero-order valence-electron chi connectivity index (χ0n) is 6.58. The van der Waals surface area contributed by atoms with Crippen LogP contribution in [-0.4, -0.2) is 23.7 Å². The second-order valence-corrected chi connectivity index (χ2v) is 2.97. The molecule has 0 saturated carbocycles. The van der Waals surface area contributed by atoms with Gasteiger partial charge in [0.1, 0.15) is 6.61 Å². The van der Waals surface area contributed by atoms with Crippen LogP contribution in [0, 0.1) is 5.41 Å². The first-order valence-electron chi connectivity index (χ1n) is 3.59. The summed E-state index contributed by atoms with van der Waals surface area (Å²) in [5.41, 5.74) is -0.678. The van der Waals surface area contributed by atoms with Gasteiger partial charge in [0.25, 0.3) is 0 Å². The lowest BCUT2D eigenvalue weighted by Gasteiger charge is -2.17. The smallest absolute Gasteiger partial charge is 0.306 e. The summed E-state index contributed by atoms with van der Waals surface area (Å²) in [6, 6.07) is 0. The average Bonchev–Trinajstić information content (AvgIpc) is 2.32. The zero-order chi connectivity index (χ0) is 9.19. The van der Waals surface area contributed by atoms with Crippen molar-refractivity contribution in [3.05, 3.63) is 12.7 Å². The van der Waals surface area contributed by atoms with E-state index >= 15 is 0 Å². The average molecular weight is 170 g/mol. The minimum atomic E-state index is -0.937. The van der Waals surface area contributed by atoms with Crippen molar-refractivity contribution in [2.45, 2.75) is 12.8 Å². The molecule has 0 spiro atoms. The number of esters is 1. The van der Waals surface area contributed by atoms with Gasteiger partial charge in [-0.15, -0.1) is 6.58 Å². The van der Waals surface area contributed by atoms with E-state index in [1.165, 1.54) is 6.08 Å². The van der Waals surface area contributed by atoms with Gasteiger partial charge in [0.05, 0.1) is 12.8 Å². The van der Waals surface area contributed by atoms with Gasteiger partial charge in [0.2, 0.25) is 0 Å². The normalized spacial score (nSPS) is 28.2. The van der Waals surface area contributed by atoms with Crippen molar-refractivity contribution in [2.24, 2.45) is 5.41 Å². The summed E-state index contributed by atoms with van der Waals surface area (Å²) in [4.78, 5) is 21.1. The van der Waals surface area contributed by atoms with Crippen LogP contribution >= 0.6 is 0 Å². The molecule has 0 aromatic heterocycles. The Balaban J connectivity index is 2.70. The molecule has 0 unspecified atom stereocenters. The number of carboxylic acid groups (broad SMARTS) is 1. The Morgan fingerprint density at radius 3 is 2.83 bits per heavy atom. The van der Waals surface area contributed by atoms with Gasteiger partial charge in [-0.25, -0.2) is 0 Å². The molecule has 1 atom stereocenters. The van der Waals surface area contributed by atoms with Crippen molar-refractivity contribution in [1.29, 1.82) is 0 Å². The molecular weight excluding hydrogens is 160 g/mol. The van der Waals surface area contributed by atoms with E-state index in [-0.39, 0.29) is 25.4 Å². The Bertz CT molecular complexity index is 233. The number of ether oxygens (including phenoxy) is 1. The van der Waals surface area contributed by atoms with Crippen molar-refractivity contribution in [3.8, 4) is 0 Å². The van der Waals surface area contributed by atoms with Crippen LogP contribution in [0.2, 0.25) is 0 Å². The Morgan fingerprint density at radius 1 is 1.83 bits per heavy atom. The van der Waals surface area contributed by atoms with Crippen molar-refractivity contribution in [2.75, 3.05) is 6.61 Å². The molecule has 0 aromatic rings. The fourth-order valence-corrected chi connectivity index (χ4v) is 1.23. The molecule has 1 N–H and O–H groups in total. The molecule has 1 saturated heterocycles.